The minimum atomic E-state index is 0.798. The molecule has 2 aromatic heterocycles. The second-order valence-corrected chi connectivity index (χ2v) is 4.43. The van der Waals surface area contributed by atoms with Gasteiger partial charge < -0.3 is 5.32 Å². The molecule has 2 aromatic rings. The van der Waals surface area contributed by atoms with Gasteiger partial charge in [0.25, 0.3) is 0 Å². The van der Waals surface area contributed by atoms with Gasteiger partial charge in [-0.25, -0.2) is 9.97 Å². The summed E-state index contributed by atoms with van der Waals surface area (Å²) in [6.07, 6.45) is 11.1. The molecule has 0 radical (unpaired) electrons. The van der Waals surface area contributed by atoms with Crippen molar-refractivity contribution in [3.63, 3.8) is 0 Å². The molecule has 0 saturated carbocycles. The molecule has 5 heteroatoms. The summed E-state index contributed by atoms with van der Waals surface area (Å²) in [5.41, 5.74) is 0.918. The second kappa shape index (κ2) is 7.23. The van der Waals surface area contributed by atoms with Crippen LogP contribution in [-0.2, 0) is 0 Å². The number of allylic oxidation sites excluding steroid dienone is 3. The van der Waals surface area contributed by atoms with Gasteiger partial charge in [0.05, 0.1) is 5.69 Å². The van der Waals surface area contributed by atoms with E-state index in [-0.39, 0.29) is 0 Å². The number of hydrogen-bond acceptors (Lipinski definition) is 5. The Morgan fingerprint density at radius 3 is 3.00 bits per heavy atom. The second-order valence-electron chi connectivity index (χ2n) is 3.57. The fraction of sp³-hybridized carbons (Fsp3) is 0.0714. The normalized spacial score (nSPS) is 11.8. The summed E-state index contributed by atoms with van der Waals surface area (Å²) in [6.45, 7) is 0. The number of anilines is 2. The maximum Gasteiger partial charge on any atom is 0.188 e. The average molecular weight is 270 g/mol. The molecule has 4 nitrogen and oxygen atoms in total. The SMILES string of the molecule is CN=C/C=C\C=C\c1csc(Nc2ccccn2)n1. The Kier molecular flexibility index (Phi) is 5.01. The van der Waals surface area contributed by atoms with E-state index in [1.165, 1.54) is 0 Å². The van der Waals surface area contributed by atoms with E-state index >= 15 is 0 Å². The molecule has 0 saturated heterocycles. The molecule has 96 valence electrons. The van der Waals surface area contributed by atoms with Crippen molar-refractivity contribution < 1.29 is 0 Å². The molecule has 0 unspecified atom stereocenters. The fourth-order valence-electron chi connectivity index (χ4n) is 1.32. The van der Waals surface area contributed by atoms with Gasteiger partial charge in [0.15, 0.2) is 5.13 Å². The molecular formula is C14H14N4S. The van der Waals surface area contributed by atoms with Gasteiger partial charge in [0, 0.05) is 24.8 Å². The van der Waals surface area contributed by atoms with Crippen molar-refractivity contribution in [2.45, 2.75) is 0 Å². The molecule has 0 spiro atoms. The number of thiazole rings is 1. The molecule has 0 fully saturated rings. The summed E-state index contributed by atoms with van der Waals surface area (Å²) in [6, 6.07) is 5.72. The standard InChI is InChI=1S/C14H14N4S/c1-15-9-5-2-3-7-12-11-19-14(17-12)18-13-8-4-6-10-16-13/h2-11H,1H3,(H,16,17,18)/b5-2-,7-3+,15-9?. The molecule has 0 aliphatic rings. The molecule has 0 aliphatic carbocycles. The fourth-order valence-corrected chi connectivity index (χ4v) is 2.01. The lowest BCUT2D eigenvalue weighted by molar-refractivity contribution is 1.28. The molecule has 2 rings (SSSR count). The quantitative estimate of drug-likeness (QED) is 0.667. The van der Waals surface area contributed by atoms with Crippen molar-refractivity contribution in [2.24, 2.45) is 4.99 Å². The highest BCUT2D eigenvalue weighted by Gasteiger charge is 1.99. The highest BCUT2D eigenvalue weighted by molar-refractivity contribution is 7.13. The minimum absolute atomic E-state index is 0.798. The molecular weight excluding hydrogens is 256 g/mol. The van der Waals surface area contributed by atoms with Crippen molar-refractivity contribution in [2.75, 3.05) is 12.4 Å². The molecule has 19 heavy (non-hydrogen) atoms. The van der Waals surface area contributed by atoms with E-state index in [2.05, 4.69) is 20.3 Å². The summed E-state index contributed by atoms with van der Waals surface area (Å²) in [5, 5.41) is 5.98. The summed E-state index contributed by atoms with van der Waals surface area (Å²) < 4.78 is 0. The van der Waals surface area contributed by atoms with Crippen molar-refractivity contribution in [3.8, 4) is 0 Å². The maximum absolute atomic E-state index is 4.44. The van der Waals surface area contributed by atoms with Crippen LogP contribution < -0.4 is 5.32 Å². The Morgan fingerprint density at radius 1 is 1.26 bits per heavy atom. The van der Waals surface area contributed by atoms with E-state index in [1.807, 2.05) is 47.9 Å². The predicted molar refractivity (Wildman–Crippen MR) is 82.2 cm³/mol. The van der Waals surface area contributed by atoms with Crippen LogP contribution in [0.2, 0.25) is 0 Å². The van der Waals surface area contributed by atoms with Crippen molar-refractivity contribution >= 4 is 34.6 Å². The molecule has 2 heterocycles. The summed E-state index contributed by atoms with van der Waals surface area (Å²) >= 11 is 1.55. The van der Waals surface area contributed by atoms with Crippen LogP contribution in [0.25, 0.3) is 6.08 Å². The third-order valence-electron chi connectivity index (χ3n) is 2.15. The minimum Gasteiger partial charge on any atom is -0.316 e. The average Bonchev–Trinajstić information content (AvgIpc) is 2.87. The first-order chi connectivity index (χ1) is 9.38. The van der Waals surface area contributed by atoms with Crippen LogP contribution in [0.3, 0.4) is 0 Å². The van der Waals surface area contributed by atoms with Crippen LogP contribution in [0.1, 0.15) is 5.69 Å². The largest absolute Gasteiger partial charge is 0.316 e. The molecule has 0 aromatic carbocycles. The van der Waals surface area contributed by atoms with Gasteiger partial charge in [0.2, 0.25) is 0 Å². The maximum atomic E-state index is 4.44. The predicted octanol–water partition coefficient (Wildman–Crippen LogP) is 3.55. The first-order valence-corrected chi connectivity index (χ1v) is 6.65. The molecule has 1 N–H and O–H groups in total. The van der Waals surface area contributed by atoms with Crippen LogP contribution in [0, 0.1) is 0 Å². The smallest absolute Gasteiger partial charge is 0.188 e. The van der Waals surface area contributed by atoms with Crippen LogP contribution >= 0.6 is 11.3 Å². The van der Waals surface area contributed by atoms with Crippen LogP contribution in [0.4, 0.5) is 10.9 Å². The zero-order valence-corrected chi connectivity index (χ0v) is 11.3. The monoisotopic (exact) mass is 270 g/mol. The van der Waals surface area contributed by atoms with Gasteiger partial charge >= 0.3 is 0 Å². The van der Waals surface area contributed by atoms with E-state index in [9.17, 15) is 0 Å². The van der Waals surface area contributed by atoms with Crippen molar-refractivity contribution in [1.82, 2.24) is 9.97 Å². The molecule has 0 atom stereocenters. The van der Waals surface area contributed by atoms with Crippen molar-refractivity contribution in [1.29, 1.82) is 0 Å². The lowest BCUT2D eigenvalue weighted by Crippen LogP contribution is -1.91. The van der Waals surface area contributed by atoms with E-state index in [1.54, 1.807) is 30.8 Å². The Bertz CT molecular complexity index is 585. The zero-order valence-electron chi connectivity index (χ0n) is 10.5. The Labute approximate surface area is 116 Å². The number of nitrogens with one attached hydrogen (secondary N) is 1. The highest BCUT2D eigenvalue weighted by Crippen LogP contribution is 2.19. The van der Waals surface area contributed by atoms with Gasteiger partial charge in [-0.2, -0.15) is 0 Å². The van der Waals surface area contributed by atoms with Gasteiger partial charge in [-0.3, -0.25) is 4.99 Å². The third kappa shape index (κ3) is 4.48. The van der Waals surface area contributed by atoms with Gasteiger partial charge in [0.1, 0.15) is 5.82 Å². The summed E-state index contributed by atoms with van der Waals surface area (Å²) in [4.78, 5) is 12.5. The van der Waals surface area contributed by atoms with Gasteiger partial charge in [-0.15, -0.1) is 11.3 Å². The Hall–Kier alpha value is -2.27. The van der Waals surface area contributed by atoms with Gasteiger partial charge in [-0.05, 0) is 24.3 Å². The number of hydrogen-bond donors (Lipinski definition) is 1. The number of nitrogens with zero attached hydrogens (tertiary/aromatic N) is 3. The topological polar surface area (TPSA) is 50.2 Å². The lowest BCUT2D eigenvalue weighted by Gasteiger charge is -1.98. The molecule has 0 aliphatic heterocycles. The summed E-state index contributed by atoms with van der Waals surface area (Å²) in [5.74, 6) is 0.798. The first kappa shape index (κ1) is 13.2. The zero-order chi connectivity index (χ0) is 13.3. The van der Waals surface area contributed by atoms with Gasteiger partial charge in [-0.1, -0.05) is 18.2 Å². The van der Waals surface area contributed by atoms with Crippen LogP contribution in [-0.4, -0.2) is 23.2 Å². The third-order valence-corrected chi connectivity index (χ3v) is 2.92. The molecule has 0 amide bonds. The van der Waals surface area contributed by atoms with E-state index in [0.29, 0.717) is 0 Å². The highest BCUT2D eigenvalue weighted by atomic mass is 32.1. The number of aliphatic imine (C=N–C) groups is 1. The van der Waals surface area contributed by atoms with E-state index < -0.39 is 0 Å². The first-order valence-electron chi connectivity index (χ1n) is 5.77. The number of aromatic nitrogens is 2. The lowest BCUT2D eigenvalue weighted by atomic mass is 10.4. The Balaban J connectivity index is 1.96. The number of rotatable bonds is 5. The van der Waals surface area contributed by atoms with Crippen LogP contribution in [0.15, 0.2) is 53.0 Å². The van der Waals surface area contributed by atoms with E-state index in [0.717, 1.165) is 16.6 Å². The molecule has 0 bridgehead atoms. The number of pyridine rings is 1. The van der Waals surface area contributed by atoms with E-state index in [4.69, 9.17) is 0 Å². The van der Waals surface area contributed by atoms with Crippen LogP contribution in [0.5, 0.6) is 0 Å². The van der Waals surface area contributed by atoms with Crippen molar-refractivity contribution in [3.05, 3.63) is 53.7 Å². The Morgan fingerprint density at radius 2 is 2.21 bits per heavy atom. The summed E-state index contributed by atoms with van der Waals surface area (Å²) in [7, 11) is 1.74.